The molecule has 0 heterocycles. The van der Waals surface area contributed by atoms with Crippen molar-refractivity contribution in [2.75, 3.05) is 0 Å². The third-order valence-electron chi connectivity index (χ3n) is 6.09. The van der Waals surface area contributed by atoms with Crippen molar-refractivity contribution in [2.24, 2.45) is 0 Å². The summed E-state index contributed by atoms with van der Waals surface area (Å²) in [5, 5.41) is 8.39. The molecule has 0 radical (unpaired) electrons. The van der Waals surface area contributed by atoms with E-state index in [9.17, 15) is 4.79 Å². The molecule has 43 heavy (non-hydrogen) atoms. The molecule has 6 aromatic carbocycles. The number of carbonyl (C=O) groups is 1. The molecule has 0 bridgehead atoms. The summed E-state index contributed by atoms with van der Waals surface area (Å²) in [5.41, 5.74) is 0. The van der Waals surface area contributed by atoms with Gasteiger partial charge in [0.05, 0.1) is 0 Å². The van der Waals surface area contributed by atoms with Crippen molar-refractivity contribution < 1.29 is 25.9 Å². The van der Waals surface area contributed by atoms with Crippen LogP contribution in [0.5, 0.6) is 0 Å². The number of rotatable bonds is 6. The van der Waals surface area contributed by atoms with E-state index in [-0.39, 0.29) is 26.8 Å². The summed E-state index contributed by atoms with van der Waals surface area (Å²) in [6.07, 6.45) is 0. The van der Waals surface area contributed by atoms with Gasteiger partial charge in [-0.05, 0) is 47.7 Å². The van der Waals surface area contributed by atoms with E-state index < -0.39 is 15.8 Å². The third kappa shape index (κ3) is 10.8. The van der Waals surface area contributed by atoms with E-state index >= 15 is 0 Å². The van der Waals surface area contributed by atoms with Gasteiger partial charge in [0.1, 0.15) is 0 Å². The van der Waals surface area contributed by atoms with Gasteiger partial charge in [0.15, 0.2) is 0 Å². The van der Waals surface area contributed by atoms with E-state index in [1.165, 1.54) is 31.8 Å². The van der Waals surface area contributed by atoms with Crippen molar-refractivity contribution >= 4 is 53.5 Å². The fourth-order valence-corrected chi connectivity index (χ4v) is 8.97. The maximum atomic E-state index is 9.22. The Morgan fingerprint density at radius 1 is 0.326 bits per heavy atom. The summed E-state index contributed by atoms with van der Waals surface area (Å²) in [5.74, 6) is -0.333. The molecule has 0 atom stereocenters. The Hall–Kier alpha value is -3.72. The summed E-state index contributed by atoms with van der Waals surface area (Å²) in [7, 11) is -0.892. The quantitative estimate of drug-likeness (QED) is 0.130. The fourth-order valence-electron chi connectivity index (χ4n) is 4.36. The molecule has 0 unspecified atom stereocenters. The number of carbonyl (C=O) groups excluding carboxylic acids is 1. The molecule has 0 aliphatic carbocycles. The fraction of sp³-hybridized carbons (Fsp3) is 0. The number of benzene rings is 6. The third-order valence-corrected chi connectivity index (χ3v) is 11.0. The second-order valence-corrected chi connectivity index (χ2v) is 13.7. The van der Waals surface area contributed by atoms with E-state index in [4.69, 9.17) is 0 Å². The molecule has 0 aromatic heterocycles. The van der Waals surface area contributed by atoms with Crippen LogP contribution in [0, 0.1) is 13.8 Å². The average Bonchev–Trinajstić information content (AvgIpc) is 3.05. The molecule has 0 saturated carbocycles. The van der Waals surface area contributed by atoms with Gasteiger partial charge in [-0.2, -0.15) is 0 Å². The van der Waals surface area contributed by atoms with Gasteiger partial charge in [-0.1, -0.05) is 182 Å². The number of Topliss-reactive ketones (excluding diaryl/α,β-unsaturated/α-hetero) is 1. The number of hydrogen-bond donors (Lipinski definition) is 0. The maximum Gasteiger partial charge on any atom is 2.00 e. The molecule has 6 rings (SSSR count). The zero-order valence-corrected chi connectivity index (χ0v) is 27.9. The van der Waals surface area contributed by atoms with E-state index in [0.29, 0.717) is 0 Å². The van der Waals surface area contributed by atoms with Crippen LogP contribution < -0.4 is 31.8 Å². The van der Waals surface area contributed by atoms with Gasteiger partial charge in [0.25, 0.3) is 0 Å². The second-order valence-electron chi connectivity index (χ2n) is 9.22. The Balaban J connectivity index is 0.000000206. The van der Waals surface area contributed by atoms with Gasteiger partial charge in [0, 0.05) is 0 Å². The molecule has 0 amide bonds. The number of hydrogen-bond acceptors (Lipinski definition) is 1. The van der Waals surface area contributed by atoms with Gasteiger partial charge in [0.2, 0.25) is 0 Å². The molecule has 216 valence electrons. The monoisotopic (exact) mass is 775 g/mol. The van der Waals surface area contributed by atoms with Gasteiger partial charge < -0.3 is 18.6 Å². The van der Waals surface area contributed by atoms with Crippen molar-refractivity contribution in [1.29, 1.82) is 0 Å². The normalized spacial score (nSPS) is 9.91. The van der Waals surface area contributed by atoms with Crippen molar-refractivity contribution in [3.63, 3.8) is 0 Å². The SMILES string of the molecule is [CH2-]C([CH2-])=O.[Pt+2].c1ccc(P(c2ccccc2)c2ccccc2)cc1.c1ccc(P(c2ccccc2)c2ccccc2)cc1. The molecule has 6 aromatic rings. The Morgan fingerprint density at radius 2 is 0.442 bits per heavy atom. The molecule has 0 fully saturated rings. The summed E-state index contributed by atoms with van der Waals surface area (Å²) in [6, 6.07) is 64.7. The first-order valence-electron chi connectivity index (χ1n) is 13.7. The van der Waals surface area contributed by atoms with Crippen LogP contribution in [0.3, 0.4) is 0 Å². The molecule has 0 spiro atoms. The topological polar surface area (TPSA) is 17.1 Å². The van der Waals surface area contributed by atoms with Crippen LogP contribution in [0.4, 0.5) is 0 Å². The van der Waals surface area contributed by atoms with E-state index in [0.717, 1.165) is 0 Å². The Kier molecular flexibility index (Phi) is 14.7. The van der Waals surface area contributed by atoms with Gasteiger partial charge in [-0.15, -0.1) is 5.78 Å². The first-order chi connectivity index (χ1) is 20.6. The van der Waals surface area contributed by atoms with E-state index in [1.54, 1.807) is 0 Å². The summed E-state index contributed by atoms with van der Waals surface area (Å²) >= 11 is 0. The predicted molar refractivity (Wildman–Crippen MR) is 186 cm³/mol. The van der Waals surface area contributed by atoms with Crippen LogP contribution in [0.2, 0.25) is 0 Å². The minimum absolute atomic E-state index is 0. The Morgan fingerprint density at radius 3 is 0.558 bits per heavy atom. The van der Waals surface area contributed by atoms with Gasteiger partial charge in [-0.3, -0.25) is 0 Å². The first kappa shape index (κ1) is 33.8. The second kappa shape index (κ2) is 18.7. The molecular formula is C39H34OP2Pt. The van der Waals surface area contributed by atoms with Crippen molar-refractivity contribution in [3.8, 4) is 0 Å². The molecule has 0 aliphatic rings. The molecule has 1 nitrogen and oxygen atoms in total. The van der Waals surface area contributed by atoms with Gasteiger partial charge >= 0.3 is 21.1 Å². The van der Waals surface area contributed by atoms with Gasteiger partial charge in [-0.25, -0.2) is 0 Å². The number of ketones is 1. The Bertz CT molecular complexity index is 1270. The molecular weight excluding hydrogens is 741 g/mol. The van der Waals surface area contributed by atoms with Crippen LogP contribution in [0.15, 0.2) is 182 Å². The van der Waals surface area contributed by atoms with E-state index in [1.807, 2.05) is 0 Å². The van der Waals surface area contributed by atoms with Crippen LogP contribution in [0.1, 0.15) is 0 Å². The average molecular weight is 776 g/mol. The van der Waals surface area contributed by atoms with Crippen molar-refractivity contribution in [1.82, 2.24) is 0 Å². The van der Waals surface area contributed by atoms with Crippen LogP contribution in [-0.4, -0.2) is 5.78 Å². The zero-order chi connectivity index (χ0) is 29.4. The standard InChI is InChI=1S/2C18H15P.C3H4O.Pt/c2*1-4-10-16(11-5-1)19(17-12-6-2-7-13-17)18-14-8-3-9-15-18;1-3(2)4;/h2*1-15H;1-2H2;/q;;-2;+2. The van der Waals surface area contributed by atoms with Crippen LogP contribution in [0.25, 0.3) is 0 Å². The molecule has 0 saturated heterocycles. The van der Waals surface area contributed by atoms with Crippen LogP contribution >= 0.6 is 15.8 Å². The predicted octanol–water partition coefficient (Wildman–Crippen LogP) is 7.11. The zero-order valence-electron chi connectivity index (χ0n) is 23.9. The smallest absolute Gasteiger partial charge is 0.370 e. The largest absolute Gasteiger partial charge is 2.00 e. The van der Waals surface area contributed by atoms with E-state index in [2.05, 4.69) is 196 Å². The summed E-state index contributed by atoms with van der Waals surface area (Å²) in [4.78, 5) is 9.22. The molecule has 0 N–H and O–H groups in total. The molecule has 0 aliphatic heterocycles. The summed E-state index contributed by atoms with van der Waals surface area (Å²) in [6.45, 7) is 5.78. The Labute approximate surface area is 273 Å². The molecule has 4 heteroatoms. The maximum absolute atomic E-state index is 9.22. The summed E-state index contributed by atoms with van der Waals surface area (Å²) < 4.78 is 0. The minimum Gasteiger partial charge on any atom is -0.370 e. The first-order valence-corrected chi connectivity index (χ1v) is 16.4. The minimum atomic E-state index is -0.446. The van der Waals surface area contributed by atoms with Crippen LogP contribution in [-0.2, 0) is 25.9 Å². The van der Waals surface area contributed by atoms with Crippen molar-refractivity contribution in [2.45, 2.75) is 0 Å². The van der Waals surface area contributed by atoms with Crippen molar-refractivity contribution in [3.05, 3.63) is 196 Å².